The van der Waals surface area contributed by atoms with Gasteiger partial charge in [-0.25, -0.2) is 4.39 Å². The fraction of sp³-hybridized carbons (Fsp3) is 0.267. The third-order valence-electron chi connectivity index (χ3n) is 3.00. The molecule has 2 rings (SSSR count). The molecule has 2 nitrogen and oxygen atoms in total. The largest absolute Gasteiger partial charge is 0.309 e. The predicted octanol–water partition coefficient (Wildman–Crippen LogP) is 4.53. The molecule has 5 heteroatoms. The number of hydrogen-bond donors (Lipinski definition) is 1. The smallest absolute Gasteiger partial charge is 0.141 e. The van der Waals surface area contributed by atoms with E-state index in [1.165, 1.54) is 12.3 Å². The van der Waals surface area contributed by atoms with Gasteiger partial charge in [-0.05, 0) is 42.8 Å². The Morgan fingerprint density at radius 3 is 2.75 bits per heavy atom. The normalized spacial score (nSPS) is 12.4. The van der Waals surface area contributed by atoms with Crippen LogP contribution in [0.3, 0.4) is 0 Å². The summed E-state index contributed by atoms with van der Waals surface area (Å²) in [5.41, 5.74) is 1.85. The molecule has 0 saturated heterocycles. The summed E-state index contributed by atoms with van der Waals surface area (Å²) in [5, 5.41) is 4.07. The lowest BCUT2D eigenvalue weighted by molar-refractivity contribution is 0.532. The average Bonchev–Trinajstić information content (AvgIpc) is 2.42. The van der Waals surface area contributed by atoms with E-state index in [0.717, 1.165) is 22.3 Å². The van der Waals surface area contributed by atoms with Crippen molar-refractivity contribution in [1.29, 1.82) is 0 Å². The van der Waals surface area contributed by atoms with E-state index < -0.39 is 0 Å². The SMILES string of the molecule is CCNC(Cc1ccc(Br)cc1Cl)c1ccc(F)cn1. The molecule has 106 valence electrons. The molecule has 0 bridgehead atoms. The average molecular weight is 358 g/mol. The molecule has 0 spiro atoms. The van der Waals surface area contributed by atoms with Crippen molar-refractivity contribution in [3.63, 3.8) is 0 Å². The van der Waals surface area contributed by atoms with Gasteiger partial charge in [0.25, 0.3) is 0 Å². The van der Waals surface area contributed by atoms with Gasteiger partial charge in [0, 0.05) is 9.50 Å². The lowest BCUT2D eigenvalue weighted by atomic mass is 10.0. The number of pyridine rings is 1. The van der Waals surface area contributed by atoms with Crippen LogP contribution in [-0.4, -0.2) is 11.5 Å². The van der Waals surface area contributed by atoms with Gasteiger partial charge < -0.3 is 5.32 Å². The summed E-state index contributed by atoms with van der Waals surface area (Å²) in [5.74, 6) is -0.328. The zero-order valence-electron chi connectivity index (χ0n) is 11.0. The summed E-state index contributed by atoms with van der Waals surface area (Å²) in [6, 6.07) is 8.96. The quantitative estimate of drug-likeness (QED) is 0.850. The van der Waals surface area contributed by atoms with Crippen LogP contribution in [0.5, 0.6) is 0 Å². The Kier molecular flexibility index (Phi) is 5.52. The Hall–Kier alpha value is -0.970. The van der Waals surface area contributed by atoms with E-state index in [1.54, 1.807) is 6.07 Å². The summed E-state index contributed by atoms with van der Waals surface area (Å²) in [4.78, 5) is 4.15. The van der Waals surface area contributed by atoms with E-state index in [-0.39, 0.29) is 11.9 Å². The number of halogens is 3. The molecule has 0 aliphatic heterocycles. The van der Waals surface area contributed by atoms with Crippen LogP contribution in [0.15, 0.2) is 41.0 Å². The van der Waals surface area contributed by atoms with Gasteiger partial charge in [-0.15, -0.1) is 0 Å². The van der Waals surface area contributed by atoms with Crippen LogP contribution < -0.4 is 5.32 Å². The molecule has 1 aromatic carbocycles. The number of hydrogen-bond acceptors (Lipinski definition) is 2. The lowest BCUT2D eigenvalue weighted by Gasteiger charge is -2.18. The maximum atomic E-state index is 13.0. The molecule has 0 saturated carbocycles. The van der Waals surface area contributed by atoms with Gasteiger partial charge >= 0.3 is 0 Å². The van der Waals surface area contributed by atoms with E-state index in [2.05, 4.69) is 26.2 Å². The second-order valence-corrected chi connectivity index (χ2v) is 5.77. The Balaban J connectivity index is 2.22. The van der Waals surface area contributed by atoms with Crippen LogP contribution in [0, 0.1) is 5.82 Å². The molecule has 0 aliphatic carbocycles. The zero-order valence-corrected chi connectivity index (χ0v) is 13.4. The molecule has 1 unspecified atom stereocenters. The monoisotopic (exact) mass is 356 g/mol. The second kappa shape index (κ2) is 7.16. The standard InChI is InChI=1S/C15H15BrClFN2/c1-2-19-15(14-6-5-12(18)9-20-14)7-10-3-4-11(16)8-13(10)17/h3-6,8-9,15,19H,2,7H2,1H3. The lowest BCUT2D eigenvalue weighted by Crippen LogP contribution is -2.24. The third kappa shape index (κ3) is 4.01. The maximum absolute atomic E-state index is 13.0. The third-order valence-corrected chi connectivity index (χ3v) is 3.84. The summed E-state index contributed by atoms with van der Waals surface area (Å²) >= 11 is 9.64. The number of likely N-dealkylation sites (N-methyl/N-ethyl adjacent to an activating group) is 1. The number of rotatable bonds is 5. The van der Waals surface area contributed by atoms with E-state index >= 15 is 0 Å². The summed E-state index contributed by atoms with van der Waals surface area (Å²) in [6.45, 7) is 2.83. The van der Waals surface area contributed by atoms with E-state index in [4.69, 9.17) is 11.6 Å². The summed E-state index contributed by atoms with van der Waals surface area (Å²) < 4.78 is 13.9. The fourth-order valence-corrected chi connectivity index (χ4v) is 2.78. The Labute approximate surface area is 131 Å². The Bertz CT molecular complexity index is 575. The summed E-state index contributed by atoms with van der Waals surface area (Å²) in [7, 11) is 0. The highest BCUT2D eigenvalue weighted by atomic mass is 79.9. The topological polar surface area (TPSA) is 24.9 Å². The highest BCUT2D eigenvalue weighted by Gasteiger charge is 2.14. The zero-order chi connectivity index (χ0) is 14.5. The molecule has 1 heterocycles. The van der Waals surface area contributed by atoms with Crippen molar-refractivity contribution in [1.82, 2.24) is 10.3 Å². The number of aromatic nitrogens is 1. The molecule has 0 amide bonds. The first-order valence-corrected chi connectivity index (χ1v) is 7.56. The van der Waals surface area contributed by atoms with Gasteiger partial charge in [0.2, 0.25) is 0 Å². The number of benzene rings is 1. The molecule has 1 aromatic heterocycles. The van der Waals surface area contributed by atoms with Crippen LogP contribution in [0.4, 0.5) is 4.39 Å². The molecular formula is C15H15BrClFN2. The summed E-state index contributed by atoms with van der Waals surface area (Å²) in [6.07, 6.45) is 1.95. The van der Waals surface area contributed by atoms with Crippen LogP contribution in [0.2, 0.25) is 5.02 Å². The fourth-order valence-electron chi connectivity index (χ4n) is 2.03. The van der Waals surface area contributed by atoms with Crippen molar-refractivity contribution in [2.24, 2.45) is 0 Å². The minimum absolute atomic E-state index is 0.0132. The highest BCUT2D eigenvalue weighted by molar-refractivity contribution is 9.10. The molecule has 1 N–H and O–H groups in total. The molecule has 0 radical (unpaired) electrons. The van der Waals surface area contributed by atoms with E-state index in [9.17, 15) is 4.39 Å². The number of nitrogens with zero attached hydrogens (tertiary/aromatic N) is 1. The Morgan fingerprint density at radius 1 is 1.35 bits per heavy atom. The maximum Gasteiger partial charge on any atom is 0.141 e. The second-order valence-electron chi connectivity index (χ2n) is 4.45. The first kappa shape index (κ1) is 15.4. The molecule has 0 fully saturated rings. The van der Waals surface area contributed by atoms with Crippen molar-refractivity contribution >= 4 is 27.5 Å². The van der Waals surface area contributed by atoms with Gasteiger partial charge in [-0.1, -0.05) is 40.5 Å². The van der Waals surface area contributed by atoms with Crippen molar-refractivity contribution in [2.45, 2.75) is 19.4 Å². The van der Waals surface area contributed by atoms with Gasteiger partial charge in [0.05, 0.1) is 17.9 Å². The molecule has 1 atom stereocenters. The van der Waals surface area contributed by atoms with Crippen molar-refractivity contribution in [2.75, 3.05) is 6.54 Å². The first-order valence-electron chi connectivity index (χ1n) is 6.39. The van der Waals surface area contributed by atoms with E-state index in [0.29, 0.717) is 11.4 Å². The molecule has 2 aromatic rings. The van der Waals surface area contributed by atoms with Crippen molar-refractivity contribution in [3.8, 4) is 0 Å². The van der Waals surface area contributed by atoms with Crippen LogP contribution in [0.1, 0.15) is 24.2 Å². The molecular weight excluding hydrogens is 343 g/mol. The minimum Gasteiger partial charge on any atom is -0.309 e. The van der Waals surface area contributed by atoms with Crippen LogP contribution >= 0.6 is 27.5 Å². The van der Waals surface area contributed by atoms with Crippen molar-refractivity contribution < 1.29 is 4.39 Å². The minimum atomic E-state index is -0.328. The molecule has 0 aliphatic rings. The van der Waals surface area contributed by atoms with E-state index in [1.807, 2.05) is 25.1 Å². The predicted molar refractivity (Wildman–Crippen MR) is 83.5 cm³/mol. The Morgan fingerprint density at radius 2 is 2.15 bits per heavy atom. The molecule has 20 heavy (non-hydrogen) atoms. The first-order chi connectivity index (χ1) is 9.60. The van der Waals surface area contributed by atoms with Gasteiger partial charge in [0.15, 0.2) is 0 Å². The van der Waals surface area contributed by atoms with Crippen LogP contribution in [-0.2, 0) is 6.42 Å². The van der Waals surface area contributed by atoms with Crippen LogP contribution in [0.25, 0.3) is 0 Å². The van der Waals surface area contributed by atoms with Crippen molar-refractivity contribution in [3.05, 3.63) is 63.1 Å². The van der Waals surface area contributed by atoms with Gasteiger partial charge in [-0.3, -0.25) is 4.98 Å². The number of nitrogens with one attached hydrogen (secondary N) is 1. The highest BCUT2D eigenvalue weighted by Crippen LogP contribution is 2.25. The van der Waals surface area contributed by atoms with Gasteiger partial charge in [-0.2, -0.15) is 0 Å². The van der Waals surface area contributed by atoms with Gasteiger partial charge in [0.1, 0.15) is 5.82 Å².